The predicted octanol–water partition coefficient (Wildman–Crippen LogP) is 1.53. The van der Waals surface area contributed by atoms with Crippen LogP contribution >= 0.6 is 0 Å². The second kappa shape index (κ2) is 4.93. The smallest absolute Gasteiger partial charge is 0.327 e. The van der Waals surface area contributed by atoms with Crippen LogP contribution in [0.3, 0.4) is 0 Å². The number of carbonyl (C=O) groups is 1. The van der Waals surface area contributed by atoms with Crippen LogP contribution in [0.25, 0.3) is 0 Å². The van der Waals surface area contributed by atoms with Crippen LogP contribution in [0.5, 0.6) is 0 Å². The van der Waals surface area contributed by atoms with Crippen LogP contribution in [0.2, 0.25) is 0 Å². The molecule has 3 nitrogen and oxygen atoms in total. The molecule has 0 heterocycles. The molecule has 0 saturated carbocycles. The Labute approximate surface area is 73.3 Å². The Balaban J connectivity index is 3.88. The summed E-state index contributed by atoms with van der Waals surface area (Å²) in [5.74, 6) is -0.991. The van der Waals surface area contributed by atoms with E-state index >= 15 is 0 Å². The van der Waals surface area contributed by atoms with Gasteiger partial charge in [-0.1, -0.05) is 31.9 Å². The predicted molar refractivity (Wildman–Crippen MR) is 48.9 cm³/mol. The molecule has 1 atom stereocenters. The van der Waals surface area contributed by atoms with Crippen LogP contribution in [0.4, 0.5) is 0 Å². The molecule has 0 radical (unpaired) electrons. The summed E-state index contributed by atoms with van der Waals surface area (Å²) in [7, 11) is 0. The monoisotopic (exact) mass is 171 g/mol. The Morgan fingerprint density at radius 2 is 2.25 bits per heavy atom. The number of nitrogens with two attached hydrogens (primary N) is 1. The highest BCUT2D eigenvalue weighted by Gasteiger charge is 2.23. The fourth-order valence-corrected chi connectivity index (χ4v) is 0.721. The van der Waals surface area contributed by atoms with Crippen molar-refractivity contribution in [1.82, 2.24) is 0 Å². The molecule has 12 heavy (non-hydrogen) atoms. The van der Waals surface area contributed by atoms with E-state index in [1.807, 2.05) is 6.08 Å². The fraction of sp³-hybridized carbons (Fsp3) is 0.667. The van der Waals surface area contributed by atoms with E-state index in [1.54, 1.807) is 6.08 Å². The number of hydrogen-bond donors (Lipinski definition) is 2. The minimum absolute atomic E-state index is 0.899. The lowest BCUT2D eigenvalue weighted by atomic mass is 10.0. The van der Waals surface area contributed by atoms with Gasteiger partial charge in [-0.15, -0.1) is 0 Å². The van der Waals surface area contributed by atoms with E-state index in [4.69, 9.17) is 10.8 Å². The van der Waals surface area contributed by atoms with Crippen molar-refractivity contribution in [2.45, 2.75) is 38.6 Å². The lowest BCUT2D eigenvalue weighted by Crippen LogP contribution is -2.42. The zero-order valence-electron chi connectivity index (χ0n) is 7.71. The molecule has 0 fully saturated rings. The number of carboxylic acids is 1. The van der Waals surface area contributed by atoms with Gasteiger partial charge < -0.3 is 10.8 Å². The molecule has 0 rings (SSSR count). The first-order valence-corrected chi connectivity index (χ1v) is 4.20. The average molecular weight is 171 g/mol. The minimum atomic E-state index is -1.21. The summed E-state index contributed by atoms with van der Waals surface area (Å²) in [4.78, 5) is 10.5. The van der Waals surface area contributed by atoms with E-state index < -0.39 is 11.5 Å². The van der Waals surface area contributed by atoms with Crippen molar-refractivity contribution < 1.29 is 9.90 Å². The fourth-order valence-electron chi connectivity index (χ4n) is 0.721. The van der Waals surface area contributed by atoms with Gasteiger partial charge in [-0.25, -0.2) is 4.79 Å². The van der Waals surface area contributed by atoms with Crippen molar-refractivity contribution >= 4 is 5.97 Å². The van der Waals surface area contributed by atoms with Crippen molar-refractivity contribution in [3.8, 4) is 0 Å². The molecular formula is C9H17NO2. The van der Waals surface area contributed by atoms with Gasteiger partial charge in [0.15, 0.2) is 0 Å². The molecule has 0 aliphatic carbocycles. The summed E-state index contributed by atoms with van der Waals surface area (Å²) < 4.78 is 0. The van der Waals surface area contributed by atoms with Crippen molar-refractivity contribution in [3.05, 3.63) is 12.2 Å². The summed E-state index contributed by atoms with van der Waals surface area (Å²) in [5.41, 5.74) is 4.24. The summed E-state index contributed by atoms with van der Waals surface area (Å²) in [6.45, 7) is 3.57. The number of unbranched alkanes of at least 4 members (excludes halogenated alkanes) is 2. The summed E-state index contributed by atoms with van der Waals surface area (Å²) >= 11 is 0. The third-order valence-electron chi connectivity index (χ3n) is 1.65. The molecule has 0 aromatic heterocycles. The zero-order chi connectivity index (χ0) is 9.61. The number of aliphatic carboxylic acids is 1. The standard InChI is InChI=1S/C9H17NO2/c1-3-4-5-6-7-9(2,10)8(11)12/h6-7H,3-5,10H2,1-2H3,(H,11,12). The maximum Gasteiger partial charge on any atom is 0.327 e. The molecule has 0 amide bonds. The summed E-state index contributed by atoms with van der Waals surface area (Å²) in [5, 5.41) is 8.62. The van der Waals surface area contributed by atoms with Gasteiger partial charge in [0, 0.05) is 0 Å². The normalized spacial score (nSPS) is 16.2. The van der Waals surface area contributed by atoms with Crippen molar-refractivity contribution in [3.63, 3.8) is 0 Å². The third-order valence-corrected chi connectivity index (χ3v) is 1.65. The van der Waals surface area contributed by atoms with Gasteiger partial charge in [-0.2, -0.15) is 0 Å². The van der Waals surface area contributed by atoms with Gasteiger partial charge in [-0.3, -0.25) is 0 Å². The van der Waals surface area contributed by atoms with Crippen LogP contribution in [-0.2, 0) is 4.79 Å². The van der Waals surface area contributed by atoms with Gasteiger partial charge in [0.2, 0.25) is 0 Å². The highest BCUT2D eigenvalue weighted by Crippen LogP contribution is 2.03. The Hall–Kier alpha value is -0.830. The van der Waals surface area contributed by atoms with Crippen LogP contribution in [0, 0.1) is 0 Å². The molecule has 0 aliphatic rings. The SMILES string of the molecule is CCCCC=CC(C)(N)C(=O)O. The molecule has 3 heteroatoms. The van der Waals surface area contributed by atoms with Gasteiger partial charge in [-0.05, 0) is 13.3 Å². The molecule has 1 unspecified atom stereocenters. The number of hydrogen-bond acceptors (Lipinski definition) is 2. The molecule has 70 valence electrons. The summed E-state index contributed by atoms with van der Waals surface area (Å²) in [6, 6.07) is 0. The first-order valence-electron chi connectivity index (χ1n) is 4.20. The Kier molecular flexibility index (Phi) is 4.59. The van der Waals surface area contributed by atoms with Crippen LogP contribution in [0.1, 0.15) is 33.1 Å². The van der Waals surface area contributed by atoms with Crippen LogP contribution in [-0.4, -0.2) is 16.6 Å². The van der Waals surface area contributed by atoms with E-state index in [1.165, 1.54) is 6.92 Å². The second-order valence-corrected chi connectivity index (χ2v) is 3.13. The second-order valence-electron chi connectivity index (χ2n) is 3.13. The largest absolute Gasteiger partial charge is 0.480 e. The highest BCUT2D eigenvalue weighted by molar-refractivity contribution is 5.80. The van der Waals surface area contributed by atoms with Gasteiger partial charge in [0.05, 0.1) is 0 Å². The number of carboxylic acid groups (broad SMARTS) is 1. The van der Waals surface area contributed by atoms with Gasteiger partial charge in [0.1, 0.15) is 5.54 Å². The molecule has 0 saturated heterocycles. The Morgan fingerprint density at radius 3 is 2.67 bits per heavy atom. The molecule has 3 N–H and O–H groups in total. The summed E-state index contributed by atoms with van der Waals surface area (Å²) in [6.07, 6.45) is 6.46. The Morgan fingerprint density at radius 1 is 1.67 bits per heavy atom. The topological polar surface area (TPSA) is 63.3 Å². The first-order chi connectivity index (χ1) is 5.50. The zero-order valence-corrected chi connectivity index (χ0v) is 7.71. The van der Waals surface area contributed by atoms with Crippen molar-refractivity contribution in [2.75, 3.05) is 0 Å². The van der Waals surface area contributed by atoms with E-state index in [2.05, 4.69) is 6.92 Å². The maximum absolute atomic E-state index is 10.5. The lowest BCUT2D eigenvalue weighted by Gasteiger charge is -2.12. The number of rotatable bonds is 5. The van der Waals surface area contributed by atoms with Crippen molar-refractivity contribution in [2.24, 2.45) is 5.73 Å². The quantitative estimate of drug-likeness (QED) is 0.487. The van der Waals surface area contributed by atoms with E-state index in [0.29, 0.717) is 0 Å². The highest BCUT2D eigenvalue weighted by atomic mass is 16.4. The Bertz CT molecular complexity index is 173. The lowest BCUT2D eigenvalue weighted by molar-refractivity contribution is -0.140. The van der Waals surface area contributed by atoms with Gasteiger partial charge in [0.25, 0.3) is 0 Å². The van der Waals surface area contributed by atoms with E-state index in [-0.39, 0.29) is 0 Å². The molecule has 0 spiro atoms. The molecule has 0 bridgehead atoms. The molecule has 0 aromatic carbocycles. The molecule has 0 aromatic rings. The van der Waals surface area contributed by atoms with Crippen LogP contribution < -0.4 is 5.73 Å². The average Bonchev–Trinajstić information content (AvgIpc) is 1.98. The molecular weight excluding hydrogens is 154 g/mol. The van der Waals surface area contributed by atoms with E-state index in [0.717, 1.165) is 19.3 Å². The third kappa shape index (κ3) is 4.13. The minimum Gasteiger partial charge on any atom is -0.480 e. The molecule has 0 aliphatic heterocycles. The van der Waals surface area contributed by atoms with E-state index in [9.17, 15) is 4.79 Å². The first kappa shape index (κ1) is 11.2. The number of allylic oxidation sites excluding steroid dienone is 1. The van der Waals surface area contributed by atoms with Gasteiger partial charge >= 0.3 is 5.97 Å². The van der Waals surface area contributed by atoms with Crippen molar-refractivity contribution in [1.29, 1.82) is 0 Å². The van der Waals surface area contributed by atoms with Crippen LogP contribution in [0.15, 0.2) is 12.2 Å². The maximum atomic E-state index is 10.5.